The number of benzene rings is 2. The van der Waals surface area contributed by atoms with Gasteiger partial charge in [-0.2, -0.15) is 5.10 Å². The van der Waals surface area contributed by atoms with Crippen molar-refractivity contribution in [1.82, 2.24) is 9.78 Å². The van der Waals surface area contributed by atoms with Crippen molar-refractivity contribution in [3.05, 3.63) is 70.2 Å². The number of aliphatic hydroxyl groups excluding tert-OH is 1. The first-order valence-corrected chi connectivity index (χ1v) is 9.14. The van der Waals surface area contributed by atoms with Gasteiger partial charge in [0, 0.05) is 16.7 Å². The maximum atomic E-state index is 12.6. The average Bonchev–Trinajstić information content (AvgIpc) is 3.01. The molecule has 0 unspecified atom stereocenters. The lowest BCUT2D eigenvalue weighted by atomic mass is 10.0. The summed E-state index contributed by atoms with van der Waals surface area (Å²) in [6.07, 6.45) is 0.286. The van der Waals surface area contributed by atoms with Gasteiger partial charge in [0.1, 0.15) is 5.82 Å². The van der Waals surface area contributed by atoms with Crippen LogP contribution in [0.5, 0.6) is 0 Å². The van der Waals surface area contributed by atoms with Crippen LogP contribution >= 0.6 is 11.6 Å². The second-order valence-electron chi connectivity index (χ2n) is 6.52. The Morgan fingerprint density at radius 1 is 1.15 bits per heavy atom. The number of aryl methyl sites for hydroxylation is 2. The van der Waals surface area contributed by atoms with Crippen LogP contribution < -0.4 is 5.32 Å². The van der Waals surface area contributed by atoms with Crippen molar-refractivity contribution in [3.63, 3.8) is 0 Å². The van der Waals surface area contributed by atoms with Gasteiger partial charge in [-0.05, 0) is 37.1 Å². The van der Waals surface area contributed by atoms with Crippen molar-refractivity contribution in [2.45, 2.75) is 26.8 Å². The van der Waals surface area contributed by atoms with Crippen molar-refractivity contribution in [2.75, 3.05) is 11.9 Å². The molecule has 1 heterocycles. The molecule has 1 aromatic heterocycles. The number of nitrogens with one attached hydrogen (secondary N) is 1. The molecule has 0 saturated heterocycles. The predicted octanol–water partition coefficient (Wildman–Crippen LogP) is 3.99. The molecular formula is C21H22ClN3O2. The normalized spacial score (nSPS) is 10.8. The highest BCUT2D eigenvalue weighted by molar-refractivity contribution is 6.30. The fraction of sp³-hybridized carbons (Fsp3) is 0.238. The van der Waals surface area contributed by atoms with Crippen molar-refractivity contribution < 1.29 is 9.90 Å². The van der Waals surface area contributed by atoms with E-state index in [-0.39, 0.29) is 18.9 Å². The molecule has 2 N–H and O–H groups in total. The summed E-state index contributed by atoms with van der Waals surface area (Å²) in [4.78, 5) is 12.6. The molecule has 0 bridgehead atoms. The number of carbonyl (C=O) groups is 1. The van der Waals surface area contributed by atoms with Gasteiger partial charge >= 0.3 is 0 Å². The third-order valence-corrected chi connectivity index (χ3v) is 4.61. The van der Waals surface area contributed by atoms with Crippen LogP contribution in [0.3, 0.4) is 0 Å². The topological polar surface area (TPSA) is 67.2 Å². The Morgan fingerprint density at radius 2 is 1.89 bits per heavy atom. The Balaban J connectivity index is 1.81. The van der Waals surface area contributed by atoms with Gasteiger partial charge in [0.05, 0.1) is 25.3 Å². The molecule has 27 heavy (non-hydrogen) atoms. The van der Waals surface area contributed by atoms with Crippen LogP contribution in [-0.2, 0) is 17.8 Å². The summed E-state index contributed by atoms with van der Waals surface area (Å²) in [7, 11) is 0. The van der Waals surface area contributed by atoms with Crippen LogP contribution in [0.15, 0.2) is 48.5 Å². The minimum absolute atomic E-state index is 0.0679. The molecule has 3 aromatic rings. The number of amides is 1. The monoisotopic (exact) mass is 383 g/mol. The van der Waals surface area contributed by atoms with Gasteiger partial charge < -0.3 is 10.4 Å². The quantitative estimate of drug-likeness (QED) is 0.676. The largest absolute Gasteiger partial charge is 0.394 e. The minimum Gasteiger partial charge on any atom is -0.394 e. The van der Waals surface area contributed by atoms with Gasteiger partial charge in [-0.1, -0.05) is 47.5 Å². The van der Waals surface area contributed by atoms with Crippen molar-refractivity contribution >= 4 is 23.3 Å². The SMILES string of the molecule is Cc1ccc(C)c(CC(=O)Nc2cc(-c3ccc(Cl)cc3)nn2CCO)c1. The summed E-state index contributed by atoms with van der Waals surface area (Å²) in [5.74, 6) is 0.440. The Bertz CT molecular complexity index is 949. The molecule has 0 spiro atoms. The second-order valence-corrected chi connectivity index (χ2v) is 6.96. The van der Waals surface area contributed by atoms with Crippen molar-refractivity contribution in [2.24, 2.45) is 0 Å². The zero-order valence-electron chi connectivity index (χ0n) is 15.4. The number of hydrogen-bond donors (Lipinski definition) is 2. The Kier molecular flexibility index (Phi) is 5.94. The number of rotatable bonds is 6. The molecule has 1 amide bonds. The first-order valence-electron chi connectivity index (χ1n) is 8.77. The molecule has 140 valence electrons. The van der Waals surface area contributed by atoms with E-state index < -0.39 is 0 Å². The predicted molar refractivity (Wildman–Crippen MR) is 108 cm³/mol. The fourth-order valence-electron chi connectivity index (χ4n) is 2.90. The van der Waals surface area contributed by atoms with Gasteiger partial charge in [0.25, 0.3) is 0 Å². The zero-order chi connectivity index (χ0) is 19.4. The van der Waals surface area contributed by atoms with Gasteiger partial charge in [-0.3, -0.25) is 4.79 Å². The van der Waals surface area contributed by atoms with Crippen LogP contribution in [-0.4, -0.2) is 27.4 Å². The van der Waals surface area contributed by atoms with E-state index in [9.17, 15) is 9.90 Å². The molecule has 0 atom stereocenters. The highest BCUT2D eigenvalue weighted by atomic mass is 35.5. The third kappa shape index (κ3) is 4.76. The number of aromatic nitrogens is 2. The van der Waals surface area contributed by atoms with Gasteiger partial charge in [0.2, 0.25) is 5.91 Å². The smallest absolute Gasteiger partial charge is 0.229 e. The first-order chi connectivity index (χ1) is 13.0. The van der Waals surface area contributed by atoms with E-state index in [2.05, 4.69) is 10.4 Å². The average molecular weight is 384 g/mol. The van der Waals surface area contributed by atoms with E-state index >= 15 is 0 Å². The number of hydrogen-bond acceptors (Lipinski definition) is 3. The van der Waals surface area contributed by atoms with E-state index in [0.29, 0.717) is 23.1 Å². The molecule has 0 radical (unpaired) electrons. The fourth-order valence-corrected chi connectivity index (χ4v) is 3.02. The summed E-state index contributed by atoms with van der Waals surface area (Å²) in [5.41, 5.74) is 4.81. The number of aliphatic hydroxyl groups is 1. The minimum atomic E-state index is -0.120. The van der Waals surface area contributed by atoms with Crippen molar-refractivity contribution in [3.8, 4) is 11.3 Å². The summed E-state index contributed by atoms with van der Waals surface area (Å²) < 4.78 is 1.60. The van der Waals surface area contributed by atoms with E-state index in [4.69, 9.17) is 11.6 Å². The lowest BCUT2D eigenvalue weighted by Crippen LogP contribution is -2.18. The number of anilines is 1. The standard InChI is InChI=1S/C21H22ClN3O2/c1-14-3-4-15(2)17(11-14)12-21(27)23-20-13-19(24-25(20)9-10-26)16-5-7-18(22)8-6-16/h3-8,11,13,26H,9-10,12H2,1-2H3,(H,23,27). The summed E-state index contributed by atoms with van der Waals surface area (Å²) in [6.45, 7) is 4.24. The maximum Gasteiger partial charge on any atom is 0.229 e. The first kappa shape index (κ1) is 19.1. The molecule has 6 heteroatoms. The number of nitrogens with zero attached hydrogens (tertiary/aromatic N) is 2. The molecule has 0 aliphatic carbocycles. The second kappa shape index (κ2) is 8.37. The summed E-state index contributed by atoms with van der Waals surface area (Å²) >= 11 is 5.94. The van der Waals surface area contributed by atoms with E-state index in [1.165, 1.54) is 0 Å². The Hall–Kier alpha value is -2.63. The van der Waals surface area contributed by atoms with Crippen molar-refractivity contribution in [1.29, 1.82) is 0 Å². The molecule has 0 fully saturated rings. The van der Waals surface area contributed by atoms with Gasteiger partial charge in [0.15, 0.2) is 0 Å². The van der Waals surface area contributed by atoms with E-state index in [1.54, 1.807) is 22.9 Å². The Labute approximate surface area is 163 Å². The lowest BCUT2D eigenvalue weighted by molar-refractivity contribution is -0.115. The molecule has 2 aromatic carbocycles. The van der Waals surface area contributed by atoms with Crippen LogP contribution in [0.1, 0.15) is 16.7 Å². The number of halogens is 1. The lowest BCUT2D eigenvalue weighted by Gasteiger charge is -2.09. The maximum absolute atomic E-state index is 12.6. The molecule has 0 aliphatic rings. The van der Waals surface area contributed by atoms with Gasteiger partial charge in [-0.25, -0.2) is 4.68 Å². The highest BCUT2D eigenvalue weighted by Crippen LogP contribution is 2.24. The van der Waals surface area contributed by atoms with Crippen LogP contribution in [0.2, 0.25) is 5.02 Å². The summed E-state index contributed by atoms with van der Waals surface area (Å²) in [6, 6.07) is 15.2. The molecule has 3 rings (SSSR count). The van der Waals surface area contributed by atoms with Gasteiger partial charge in [-0.15, -0.1) is 0 Å². The zero-order valence-corrected chi connectivity index (χ0v) is 16.1. The number of carbonyl (C=O) groups excluding carboxylic acids is 1. The molecule has 0 saturated carbocycles. The van der Waals surface area contributed by atoms with E-state index in [0.717, 1.165) is 22.3 Å². The molecule has 5 nitrogen and oxygen atoms in total. The Morgan fingerprint density at radius 3 is 2.59 bits per heavy atom. The van der Waals surface area contributed by atoms with Crippen LogP contribution in [0.4, 0.5) is 5.82 Å². The van der Waals surface area contributed by atoms with Crippen LogP contribution in [0.25, 0.3) is 11.3 Å². The summed E-state index contributed by atoms with van der Waals surface area (Å²) in [5, 5.41) is 17.4. The molecular weight excluding hydrogens is 362 g/mol. The van der Waals surface area contributed by atoms with Crippen LogP contribution in [0, 0.1) is 13.8 Å². The highest BCUT2D eigenvalue weighted by Gasteiger charge is 2.13. The third-order valence-electron chi connectivity index (χ3n) is 4.35. The molecule has 0 aliphatic heterocycles. The van der Waals surface area contributed by atoms with E-state index in [1.807, 2.05) is 44.2 Å².